The molecule has 2 atom stereocenters. The third-order valence-corrected chi connectivity index (χ3v) is 6.35. The zero-order valence-electron chi connectivity index (χ0n) is 22.2. The van der Waals surface area contributed by atoms with Crippen LogP contribution in [0.2, 0.25) is 5.15 Å². The minimum absolute atomic E-state index is 0.0378. The van der Waals surface area contributed by atoms with Gasteiger partial charge in [0.25, 0.3) is 5.95 Å². The van der Waals surface area contributed by atoms with E-state index in [1.807, 2.05) is 0 Å². The summed E-state index contributed by atoms with van der Waals surface area (Å²) in [5, 5.41) is 15.5. The number of nitrogens with one attached hydrogen (secondary N) is 2. The van der Waals surface area contributed by atoms with Crippen molar-refractivity contribution in [1.29, 1.82) is 0 Å². The molecule has 1 aliphatic carbocycles. The van der Waals surface area contributed by atoms with Crippen LogP contribution in [0, 0.1) is 11.9 Å². The van der Waals surface area contributed by atoms with Crippen molar-refractivity contribution in [3.8, 4) is 5.88 Å². The van der Waals surface area contributed by atoms with E-state index in [0.717, 1.165) is 10.9 Å². The number of methoxy groups -OCH3 is 1. The van der Waals surface area contributed by atoms with Crippen molar-refractivity contribution in [3.05, 3.63) is 28.9 Å². The van der Waals surface area contributed by atoms with E-state index >= 15 is 0 Å². The number of alkyl carbamates (subject to hydrolysis) is 1. The summed E-state index contributed by atoms with van der Waals surface area (Å²) in [5.74, 6) is -5.89. The van der Waals surface area contributed by atoms with Crippen molar-refractivity contribution in [2.75, 3.05) is 12.4 Å². The summed E-state index contributed by atoms with van der Waals surface area (Å²) in [4.78, 5) is 25.7. The normalized spacial score (nSPS) is 17.3. The minimum Gasteiger partial charge on any atom is -0.480 e. The Morgan fingerprint density at radius 3 is 2.45 bits per heavy atom. The molecule has 2 amide bonds. The minimum atomic E-state index is -2.90. The van der Waals surface area contributed by atoms with Crippen LogP contribution in [-0.2, 0) is 9.53 Å². The Morgan fingerprint density at radius 1 is 1.23 bits per heavy atom. The summed E-state index contributed by atoms with van der Waals surface area (Å²) < 4.78 is 80.6. The summed E-state index contributed by atoms with van der Waals surface area (Å²) >= 11 is 5.89. The Balaban J connectivity index is 1.89. The van der Waals surface area contributed by atoms with Gasteiger partial charge in [-0.05, 0) is 45.6 Å². The third-order valence-electron chi connectivity index (χ3n) is 6.16. The Labute approximate surface area is 231 Å². The number of ether oxygens (including phenoxy) is 2. The quantitative estimate of drug-likeness (QED) is 0.373. The third kappa shape index (κ3) is 8.38. The molecule has 2 N–H and O–H groups in total. The first-order chi connectivity index (χ1) is 18.6. The number of amides is 2. The standard InChI is InChI=1S/C24H30ClF5N6O4/c1-23(2,3)40-22(38)32-18(12-5-7-24(29,30)8-6-12)20(37)31-14-11-36(35-19(14)28)15(10-17(26)27)13-9-16(25)33-34-21(13)39-4/h9,11-12,15,17-18H,5-8,10H2,1-4H3,(H,31,37)(H,32,38)/t15?,18-/m0/s1. The lowest BCUT2D eigenvalue weighted by Gasteiger charge is -2.33. The lowest BCUT2D eigenvalue weighted by atomic mass is 9.81. The van der Waals surface area contributed by atoms with E-state index < -0.39 is 78.8 Å². The number of nitrogens with zero attached hydrogens (tertiary/aromatic N) is 4. The summed E-state index contributed by atoms with van der Waals surface area (Å²) in [6.45, 7) is 4.80. The van der Waals surface area contributed by atoms with Crippen molar-refractivity contribution in [1.82, 2.24) is 25.3 Å². The van der Waals surface area contributed by atoms with Crippen LogP contribution in [0.5, 0.6) is 5.88 Å². The zero-order valence-corrected chi connectivity index (χ0v) is 22.9. The molecule has 0 spiro atoms. The van der Waals surface area contributed by atoms with Crippen LogP contribution in [0.1, 0.15) is 64.5 Å². The van der Waals surface area contributed by atoms with Gasteiger partial charge in [-0.25, -0.2) is 22.4 Å². The fourth-order valence-electron chi connectivity index (χ4n) is 4.36. The van der Waals surface area contributed by atoms with Gasteiger partial charge < -0.3 is 20.1 Å². The van der Waals surface area contributed by atoms with Crippen LogP contribution >= 0.6 is 11.6 Å². The van der Waals surface area contributed by atoms with Crippen molar-refractivity contribution in [2.24, 2.45) is 5.92 Å². The molecule has 40 heavy (non-hydrogen) atoms. The van der Waals surface area contributed by atoms with Gasteiger partial charge >= 0.3 is 6.09 Å². The Morgan fingerprint density at radius 2 is 1.88 bits per heavy atom. The first-order valence-electron chi connectivity index (χ1n) is 12.4. The number of hydrogen-bond acceptors (Lipinski definition) is 7. The van der Waals surface area contributed by atoms with Gasteiger partial charge in [0.1, 0.15) is 17.3 Å². The second-order valence-electron chi connectivity index (χ2n) is 10.4. The largest absolute Gasteiger partial charge is 0.480 e. The first-order valence-corrected chi connectivity index (χ1v) is 12.7. The average molecular weight is 597 g/mol. The van der Waals surface area contributed by atoms with Crippen LogP contribution < -0.4 is 15.4 Å². The van der Waals surface area contributed by atoms with Gasteiger partial charge in [0.15, 0.2) is 5.15 Å². The Kier molecular flexibility index (Phi) is 9.80. The zero-order chi connectivity index (χ0) is 29.8. The van der Waals surface area contributed by atoms with Gasteiger partial charge in [0, 0.05) is 24.8 Å². The Hall–Kier alpha value is -3.23. The van der Waals surface area contributed by atoms with Gasteiger partial charge in [-0.15, -0.1) is 15.3 Å². The fraction of sp³-hybridized carbons (Fsp3) is 0.625. The average Bonchev–Trinajstić information content (AvgIpc) is 3.19. The highest BCUT2D eigenvalue weighted by molar-refractivity contribution is 6.29. The summed E-state index contributed by atoms with van der Waals surface area (Å²) in [6.07, 6.45) is -4.86. The van der Waals surface area contributed by atoms with Crippen LogP contribution in [0.3, 0.4) is 0 Å². The van der Waals surface area contributed by atoms with Gasteiger partial charge in [-0.3, -0.25) is 9.48 Å². The maximum Gasteiger partial charge on any atom is 0.408 e. The van der Waals surface area contributed by atoms with E-state index in [1.54, 1.807) is 20.8 Å². The molecule has 10 nitrogen and oxygen atoms in total. The molecule has 1 unspecified atom stereocenters. The molecule has 0 saturated heterocycles. The van der Waals surface area contributed by atoms with Crippen molar-refractivity contribution < 1.29 is 41.0 Å². The molecule has 222 valence electrons. The summed E-state index contributed by atoms with van der Waals surface area (Å²) in [7, 11) is 1.23. The van der Waals surface area contributed by atoms with Crippen molar-refractivity contribution in [2.45, 2.75) is 82.9 Å². The van der Waals surface area contributed by atoms with E-state index in [4.69, 9.17) is 21.1 Å². The topological polar surface area (TPSA) is 120 Å². The van der Waals surface area contributed by atoms with Gasteiger partial charge in [-0.1, -0.05) is 11.6 Å². The monoisotopic (exact) mass is 596 g/mol. The summed E-state index contributed by atoms with van der Waals surface area (Å²) in [6, 6.07) is -1.45. The molecule has 0 aromatic carbocycles. The first kappa shape index (κ1) is 31.3. The smallest absolute Gasteiger partial charge is 0.408 e. The fourth-order valence-corrected chi connectivity index (χ4v) is 4.52. The van der Waals surface area contributed by atoms with Crippen LogP contribution in [0.4, 0.5) is 32.4 Å². The molecule has 2 aromatic heterocycles. The van der Waals surface area contributed by atoms with E-state index in [2.05, 4.69) is 25.9 Å². The molecule has 1 aliphatic rings. The predicted octanol–water partition coefficient (Wildman–Crippen LogP) is 5.38. The van der Waals surface area contributed by atoms with E-state index in [9.17, 15) is 31.5 Å². The molecule has 1 fully saturated rings. The molecule has 16 heteroatoms. The van der Waals surface area contributed by atoms with E-state index in [-0.39, 0.29) is 29.4 Å². The number of anilines is 1. The van der Waals surface area contributed by atoms with E-state index in [0.29, 0.717) is 0 Å². The lowest BCUT2D eigenvalue weighted by molar-refractivity contribution is -0.121. The second kappa shape index (κ2) is 12.5. The SMILES string of the molecule is COc1nnc(Cl)cc1C(CC(F)F)n1cc(NC(=O)[C@@H](NC(=O)OC(C)(C)C)C2CCC(F)(F)CC2)c(F)n1. The molecule has 1 saturated carbocycles. The molecule has 0 bridgehead atoms. The van der Waals surface area contributed by atoms with Crippen LogP contribution in [0.15, 0.2) is 12.3 Å². The number of alkyl halides is 4. The van der Waals surface area contributed by atoms with Gasteiger partial charge in [0.05, 0.1) is 19.3 Å². The number of rotatable bonds is 9. The van der Waals surface area contributed by atoms with Crippen LogP contribution in [-0.4, -0.2) is 63.1 Å². The molecule has 0 aliphatic heterocycles. The molecule has 3 rings (SSSR count). The van der Waals surface area contributed by atoms with E-state index in [1.165, 1.54) is 13.2 Å². The maximum atomic E-state index is 14.9. The maximum absolute atomic E-state index is 14.9. The van der Waals surface area contributed by atoms with Gasteiger partial charge in [0.2, 0.25) is 24.1 Å². The lowest BCUT2D eigenvalue weighted by Crippen LogP contribution is -2.51. The highest BCUT2D eigenvalue weighted by Gasteiger charge is 2.41. The number of carbonyl (C=O) groups is 2. The second-order valence-corrected chi connectivity index (χ2v) is 10.8. The summed E-state index contributed by atoms with van der Waals surface area (Å²) in [5.41, 5.74) is -1.37. The molecule has 0 radical (unpaired) electrons. The highest BCUT2D eigenvalue weighted by atomic mass is 35.5. The number of halogens is 6. The Bertz CT molecular complexity index is 1200. The number of aromatic nitrogens is 4. The predicted molar refractivity (Wildman–Crippen MR) is 133 cm³/mol. The van der Waals surface area contributed by atoms with Crippen LogP contribution in [0.25, 0.3) is 0 Å². The van der Waals surface area contributed by atoms with Gasteiger partial charge in [-0.2, -0.15) is 4.39 Å². The molecule has 2 heterocycles. The van der Waals surface area contributed by atoms with Crippen molar-refractivity contribution >= 4 is 29.3 Å². The molecular weight excluding hydrogens is 567 g/mol. The molecule has 2 aromatic rings. The van der Waals surface area contributed by atoms with Crippen molar-refractivity contribution in [3.63, 3.8) is 0 Å². The number of hydrogen-bond donors (Lipinski definition) is 2. The molecular formula is C24H30ClF5N6O4. The highest BCUT2D eigenvalue weighted by Crippen LogP contribution is 2.38. The number of carbonyl (C=O) groups excluding carboxylic acids is 2.